The number of hydrogen-bond donors (Lipinski definition) is 1. The van der Waals surface area contributed by atoms with Crippen LogP contribution >= 0.6 is 0 Å². The Balaban J connectivity index is 1.55. The molecular weight excluding hydrogens is 302 g/mol. The number of rotatable bonds is 4. The van der Waals surface area contributed by atoms with E-state index in [1.54, 1.807) is 0 Å². The zero-order chi connectivity index (χ0) is 16.5. The molecule has 0 aromatic rings. The van der Waals surface area contributed by atoms with Gasteiger partial charge in [-0.25, -0.2) is 0 Å². The Hall–Kier alpha value is -0.680. The van der Waals surface area contributed by atoms with Gasteiger partial charge in [-0.2, -0.15) is 0 Å². The van der Waals surface area contributed by atoms with E-state index in [4.69, 9.17) is 14.2 Å². The second kappa shape index (κ2) is 5.41. The van der Waals surface area contributed by atoms with Crippen molar-refractivity contribution in [1.82, 2.24) is 5.32 Å². The van der Waals surface area contributed by atoms with E-state index in [0.29, 0.717) is 35.9 Å². The maximum absolute atomic E-state index is 6.49. The molecule has 1 N–H and O–H groups in total. The Morgan fingerprint density at radius 1 is 1.38 bits per heavy atom. The van der Waals surface area contributed by atoms with E-state index in [2.05, 4.69) is 31.0 Å². The van der Waals surface area contributed by atoms with Crippen LogP contribution in [0.25, 0.3) is 0 Å². The Morgan fingerprint density at radius 2 is 2.21 bits per heavy atom. The summed E-state index contributed by atoms with van der Waals surface area (Å²) >= 11 is 0. The molecule has 2 saturated heterocycles. The van der Waals surface area contributed by atoms with Crippen LogP contribution < -0.4 is 5.32 Å². The second-order valence-electron chi connectivity index (χ2n) is 8.60. The smallest absolute Gasteiger partial charge is 0.216 e. The lowest BCUT2D eigenvalue weighted by Crippen LogP contribution is -2.39. The molecule has 9 atom stereocenters. The topological polar surface area (TPSA) is 39.7 Å². The summed E-state index contributed by atoms with van der Waals surface area (Å²) in [6, 6.07) is 0. The van der Waals surface area contributed by atoms with Crippen molar-refractivity contribution in [3.05, 3.63) is 24.3 Å². The van der Waals surface area contributed by atoms with Crippen LogP contribution in [0.3, 0.4) is 0 Å². The summed E-state index contributed by atoms with van der Waals surface area (Å²) in [5.74, 6) is 2.42. The minimum Gasteiger partial charge on any atom is -0.373 e. The summed E-state index contributed by atoms with van der Waals surface area (Å²) in [6.45, 7) is 7.25. The van der Waals surface area contributed by atoms with Gasteiger partial charge in [-0.3, -0.25) is 5.32 Å². The fraction of sp³-hybridized carbons (Fsp3) is 0.800. The minimum absolute atomic E-state index is 0.102. The number of ether oxygens (including phenoxy) is 3. The molecule has 24 heavy (non-hydrogen) atoms. The van der Waals surface area contributed by atoms with Gasteiger partial charge >= 0.3 is 0 Å². The zero-order valence-electron chi connectivity index (χ0n) is 14.7. The highest BCUT2D eigenvalue weighted by molar-refractivity contribution is 5.28. The molecule has 3 aliphatic carbocycles. The number of hydrogen-bond acceptors (Lipinski definition) is 4. The molecule has 132 valence electrons. The van der Waals surface area contributed by atoms with Crippen molar-refractivity contribution >= 4 is 0 Å². The van der Waals surface area contributed by atoms with Gasteiger partial charge in [-0.1, -0.05) is 19.1 Å². The molecule has 0 radical (unpaired) electrons. The van der Waals surface area contributed by atoms with Crippen molar-refractivity contribution in [2.24, 2.45) is 29.1 Å². The van der Waals surface area contributed by atoms with E-state index < -0.39 is 0 Å². The van der Waals surface area contributed by atoms with Gasteiger partial charge in [-0.15, -0.1) is 6.58 Å². The Bertz CT molecular complexity index is 575. The molecule has 0 aromatic heterocycles. The molecule has 4 nitrogen and oxygen atoms in total. The monoisotopic (exact) mass is 331 g/mol. The summed E-state index contributed by atoms with van der Waals surface area (Å²) in [4.78, 5) is 0. The average molecular weight is 331 g/mol. The first-order valence-electron chi connectivity index (χ1n) is 9.57. The number of nitrogens with one attached hydrogen (secondary N) is 1. The van der Waals surface area contributed by atoms with Crippen LogP contribution in [0.5, 0.6) is 0 Å². The third-order valence-electron chi connectivity index (χ3n) is 7.27. The third-order valence-corrected chi connectivity index (χ3v) is 7.27. The zero-order valence-corrected chi connectivity index (χ0v) is 14.7. The largest absolute Gasteiger partial charge is 0.373 e. The summed E-state index contributed by atoms with van der Waals surface area (Å²) < 4.78 is 19.3. The molecule has 0 aromatic carbocycles. The molecule has 5 rings (SSSR count). The lowest BCUT2D eigenvalue weighted by molar-refractivity contribution is -0.198. The maximum atomic E-state index is 6.49. The maximum Gasteiger partial charge on any atom is 0.216 e. The molecule has 0 amide bonds. The molecule has 2 heterocycles. The molecule has 4 fully saturated rings. The normalized spacial score (nSPS) is 54.8. The van der Waals surface area contributed by atoms with Crippen molar-refractivity contribution < 1.29 is 14.2 Å². The van der Waals surface area contributed by atoms with Crippen LogP contribution in [-0.4, -0.2) is 38.4 Å². The average Bonchev–Trinajstić information content (AvgIpc) is 3.46. The standard InChI is InChI=1S/C20H29NO3/c1-4-7-20-10-22-14(12-5-6-12)9-13-8-11(2)15-16(20)18(20)24-19(21-3)23-17(13)15/h4-5,11,13-19,21H,1,6-10H2,2-3H3. The molecule has 4 heteroatoms. The fourth-order valence-electron chi connectivity index (χ4n) is 6.07. The molecular formula is C20H29NO3. The van der Waals surface area contributed by atoms with Crippen molar-refractivity contribution in [2.75, 3.05) is 13.7 Å². The van der Waals surface area contributed by atoms with Gasteiger partial charge in [0.05, 0.1) is 24.9 Å². The second-order valence-corrected chi connectivity index (χ2v) is 8.60. The highest BCUT2D eigenvalue weighted by Crippen LogP contribution is 2.68. The van der Waals surface area contributed by atoms with Gasteiger partial charge in [0.2, 0.25) is 6.41 Å². The highest BCUT2D eigenvalue weighted by Gasteiger charge is 2.73. The lowest BCUT2D eigenvalue weighted by Gasteiger charge is -2.29. The van der Waals surface area contributed by atoms with Gasteiger partial charge in [0.1, 0.15) is 0 Å². The van der Waals surface area contributed by atoms with Crippen molar-refractivity contribution in [3.8, 4) is 0 Å². The molecule has 0 spiro atoms. The lowest BCUT2D eigenvalue weighted by atomic mass is 9.85. The number of allylic oxidation sites excluding steroid dienone is 2. The summed E-state index contributed by atoms with van der Waals surface area (Å²) in [6.07, 6.45) is 9.39. The van der Waals surface area contributed by atoms with Gasteiger partial charge in [0, 0.05) is 11.3 Å². The Morgan fingerprint density at radius 3 is 2.92 bits per heavy atom. The summed E-state index contributed by atoms with van der Waals surface area (Å²) in [5.41, 5.74) is 1.60. The molecule has 4 bridgehead atoms. The molecule has 2 aliphatic heterocycles. The van der Waals surface area contributed by atoms with Crippen molar-refractivity contribution in [3.63, 3.8) is 0 Å². The van der Waals surface area contributed by atoms with E-state index >= 15 is 0 Å². The number of fused-ring (bicyclic) bond motifs is 1. The first-order chi connectivity index (χ1) is 11.7. The SMILES string of the molecule is C=CCC12COC(C3=CC3)CC3CC(C)C4C3OC(NC)OC1C42. The van der Waals surface area contributed by atoms with Crippen LogP contribution in [0.4, 0.5) is 0 Å². The molecule has 2 saturated carbocycles. The Labute approximate surface area is 144 Å². The predicted molar refractivity (Wildman–Crippen MR) is 91.1 cm³/mol. The summed E-state index contributed by atoms with van der Waals surface area (Å²) in [5, 5.41) is 3.22. The van der Waals surface area contributed by atoms with Gasteiger partial charge < -0.3 is 14.2 Å². The van der Waals surface area contributed by atoms with E-state index in [1.165, 1.54) is 12.0 Å². The molecule has 5 aliphatic rings. The van der Waals surface area contributed by atoms with Gasteiger partial charge in [0.25, 0.3) is 0 Å². The van der Waals surface area contributed by atoms with Crippen molar-refractivity contribution in [1.29, 1.82) is 0 Å². The molecule has 9 unspecified atom stereocenters. The van der Waals surface area contributed by atoms with E-state index in [1.807, 2.05) is 7.05 Å². The van der Waals surface area contributed by atoms with Gasteiger partial charge in [0.15, 0.2) is 0 Å². The van der Waals surface area contributed by atoms with Gasteiger partial charge in [-0.05, 0) is 56.1 Å². The first kappa shape index (κ1) is 15.6. The van der Waals surface area contributed by atoms with Crippen LogP contribution in [0.1, 0.15) is 32.6 Å². The van der Waals surface area contributed by atoms with Crippen molar-refractivity contribution in [2.45, 2.75) is 57.3 Å². The van der Waals surface area contributed by atoms with E-state index in [-0.39, 0.29) is 17.9 Å². The highest BCUT2D eigenvalue weighted by atomic mass is 16.7. The third kappa shape index (κ3) is 2.13. The minimum atomic E-state index is -0.288. The first-order valence-corrected chi connectivity index (χ1v) is 9.57. The quantitative estimate of drug-likeness (QED) is 0.804. The van der Waals surface area contributed by atoms with E-state index in [9.17, 15) is 0 Å². The van der Waals surface area contributed by atoms with Crippen LogP contribution in [0.15, 0.2) is 24.3 Å². The predicted octanol–water partition coefficient (Wildman–Crippen LogP) is 2.86. The van der Waals surface area contributed by atoms with Crippen LogP contribution in [0, 0.1) is 29.1 Å². The van der Waals surface area contributed by atoms with Crippen LogP contribution in [-0.2, 0) is 14.2 Å². The summed E-state index contributed by atoms with van der Waals surface area (Å²) in [7, 11) is 1.93. The van der Waals surface area contributed by atoms with E-state index in [0.717, 1.165) is 25.9 Å². The fourth-order valence-corrected chi connectivity index (χ4v) is 6.07. The Kier molecular flexibility index (Phi) is 3.51. The van der Waals surface area contributed by atoms with Crippen LogP contribution in [0.2, 0.25) is 0 Å².